The molecule has 0 spiro atoms. The summed E-state index contributed by atoms with van der Waals surface area (Å²) in [6.45, 7) is 5.96. The fourth-order valence-corrected chi connectivity index (χ4v) is 2.91. The van der Waals surface area contributed by atoms with E-state index in [9.17, 15) is 8.42 Å². The summed E-state index contributed by atoms with van der Waals surface area (Å²) in [5.74, 6) is 0. The van der Waals surface area contributed by atoms with Crippen molar-refractivity contribution in [3.8, 4) is 0 Å². The summed E-state index contributed by atoms with van der Waals surface area (Å²) < 4.78 is 21.8. The molecule has 2 aromatic rings. The maximum Gasteiger partial charge on any atom is 0.198 e. The molecule has 0 aliphatic heterocycles. The van der Waals surface area contributed by atoms with Gasteiger partial charge in [-0.3, -0.25) is 10.8 Å². The maximum atomic E-state index is 11.2. The maximum absolute atomic E-state index is 11.2. The van der Waals surface area contributed by atoms with E-state index in [4.69, 9.17) is 10.8 Å². The van der Waals surface area contributed by atoms with Crippen molar-refractivity contribution in [1.82, 2.24) is 4.98 Å². The molecular weight excluding hydrogens is 306 g/mol. The molecule has 3 N–H and O–H groups in total. The Labute approximate surface area is 129 Å². The molecule has 5 nitrogen and oxygen atoms in total. The van der Waals surface area contributed by atoms with Gasteiger partial charge >= 0.3 is 0 Å². The molecule has 0 amide bonds. The number of benzene rings is 1. The van der Waals surface area contributed by atoms with Crippen LogP contribution < -0.4 is 0 Å². The minimum atomic E-state index is -3.55. The topological polar surface area (TPSA) is 97.6 Å². The third-order valence-electron chi connectivity index (χ3n) is 2.68. The highest BCUT2D eigenvalue weighted by atomic mass is 32.3. The first-order valence-electron chi connectivity index (χ1n) is 6.42. The second kappa shape index (κ2) is 6.91. The van der Waals surface area contributed by atoms with Gasteiger partial charge in [0, 0.05) is 28.9 Å². The Balaban J connectivity index is 0.00000106. The van der Waals surface area contributed by atoms with Gasteiger partial charge in [-0.25, -0.2) is 8.42 Å². The predicted octanol–water partition coefficient (Wildman–Crippen LogP) is 3.54. The van der Waals surface area contributed by atoms with Crippen molar-refractivity contribution < 1.29 is 8.42 Å². The normalized spacial score (nSPS) is 10.9. The van der Waals surface area contributed by atoms with Crippen molar-refractivity contribution in [3.05, 3.63) is 35.5 Å². The zero-order valence-corrected chi connectivity index (χ0v) is 14.1. The number of nitrogens with one attached hydrogen (secondary N) is 3. The van der Waals surface area contributed by atoms with Crippen LogP contribution in [-0.4, -0.2) is 29.1 Å². The van der Waals surface area contributed by atoms with E-state index in [-0.39, 0.29) is 5.04 Å². The van der Waals surface area contributed by atoms with Crippen LogP contribution in [-0.2, 0) is 9.84 Å². The number of H-pyrrole nitrogens is 1. The molecule has 1 aromatic carbocycles. The number of sulfone groups is 1. The van der Waals surface area contributed by atoms with E-state index in [2.05, 4.69) is 4.98 Å². The molecule has 2 rings (SSSR count). The van der Waals surface area contributed by atoms with Crippen molar-refractivity contribution in [2.45, 2.75) is 20.8 Å². The van der Waals surface area contributed by atoms with Crippen LogP contribution in [0.25, 0.3) is 10.9 Å². The molecule has 1 heterocycles. The Kier molecular flexibility index (Phi) is 5.74. The predicted molar refractivity (Wildman–Crippen MR) is 91.4 cm³/mol. The fourth-order valence-electron chi connectivity index (χ4n) is 1.63. The molecule has 21 heavy (non-hydrogen) atoms. The van der Waals surface area contributed by atoms with Crippen LogP contribution in [0.4, 0.5) is 0 Å². The standard InChI is InChI=1S/C12H13N3O2S2.C2H6/c1-7-6-15-10-4-3-8(5-9(7)10)11(13)18-12(14)19(2,16)17;1-2/h3-6,13-15H,1-2H3;1-2H3. The van der Waals surface area contributed by atoms with Crippen LogP contribution in [0.2, 0.25) is 0 Å². The van der Waals surface area contributed by atoms with E-state index < -0.39 is 14.2 Å². The van der Waals surface area contributed by atoms with Crippen molar-refractivity contribution >= 4 is 41.9 Å². The first kappa shape index (κ1) is 17.5. The average Bonchev–Trinajstić information content (AvgIpc) is 2.81. The number of rotatable bonds is 1. The SMILES string of the molecule is CC.Cc1c[nH]c2ccc(C(=N)SC(=N)S(C)(=O)=O)cc12. The third-order valence-corrected chi connectivity index (χ3v) is 5.14. The lowest BCUT2D eigenvalue weighted by Gasteiger charge is -2.04. The van der Waals surface area contributed by atoms with Gasteiger partial charge in [-0.1, -0.05) is 19.9 Å². The van der Waals surface area contributed by atoms with Gasteiger partial charge in [0.05, 0.1) is 0 Å². The quantitative estimate of drug-likeness (QED) is 0.552. The lowest BCUT2D eigenvalue weighted by molar-refractivity contribution is 0.613. The Bertz CT molecular complexity index is 777. The van der Waals surface area contributed by atoms with Gasteiger partial charge in [0.15, 0.2) is 14.2 Å². The summed E-state index contributed by atoms with van der Waals surface area (Å²) in [6, 6.07) is 5.41. The molecular formula is C14H19N3O2S2. The van der Waals surface area contributed by atoms with Gasteiger partial charge in [-0.05, 0) is 36.4 Å². The number of fused-ring (bicyclic) bond motifs is 1. The second-order valence-corrected chi connectivity index (χ2v) is 7.45. The Morgan fingerprint density at radius 2 is 1.86 bits per heavy atom. The van der Waals surface area contributed by atoms with Gasteiger partial charge in [0.2, 0.25) is 0 Å². The Morgan fingerprint density at radius 1 is 1.24 bits per heavy atom. The summed E-state index contributed by atoms with van der Waals surface area (Å²) in [4.78, 5) is 3.10. The second-order valence-electron chi connectivity index (χ2n) is 4.22. The van der Waals surface area contributed by atoms with Gasteiger partial charge < -0.3 is 4.98 Å². The van der Waals surface area contributed by atoms with Crippen molar-refractivity contribution in [2.24, 2.45) is 0 Å². The highest BCUT2D eigenvalue weighted by molar-refractivity contribution is 8.42. The number of aromatic nitrogens is 1. The van der Waals surface area contributed by atoms with Crippen molar-refractivity contribution in [1.29, 1.82) is 10.8 Å². The summed E-state index contributed by atoms with van der Waals surface area (Å²) >= 11 is 0.645. The zero-order chi connectivity index (χ0) is 16.2. The lowest BCUT2D eigenvalue weighted by Crippen LogP contribution is -2.10. The van der Waals surface area contributed by atoms with Gasteiger partial charge in [-0.15, -0.1) is 0 Å². The van der Waals surface area contributed by atoms with E-state index in [1.165, 1.54) is 0 Å². The summed E-state index contributed by atoms with van der Waals surface area (Å²) in [5.41, 5.74) is 2.64. The first-order chi connectivity index (χ1) is 9.79. The molecule has 0 fully saturated rings. The molecule has 0 saturated carbocycles. The molecule has 0 radical (unpaired) electrons. The molecule has 0 saturated heterocycles. The first-order valence-corrected chi connectivity index (χ1v) is 9.13. The molecule has 0 aliphatic rings. The summed E-state index contributed by atoms with van der Waals surface area (Å²) in [6.07, 6.45) is 2.85. The zero-order valence-electron chi connectivity index (χ0n) is 12.4. The van der Waals surface area contributed by atoms with E-state index in [0.29, 0.717) is 17.3 Å². The van der Waals surface area contributed by atoms with Gasteiger partial charge in [0.1, 0.15) is 5.04 Å². The molecule has 7 heteroatoms. The van der Waals surface area contributed by atoms with E-state index >= 15 is 0 Å². The smallest absolute Gasteiger partial charge is 0.198 e. The number of thioether (sulfide) groups is 1. The minimum Gasteiger partial charge on any atom is -0.361 e. The Morgan fingerprint density at radius 3 is 2.43 bits per heavy atom. The molecule has 0 bridgehead atoms. The van der Waals surface area contributed by atoms with Crippen LogP contribution in [0.5, 0.6) is 0 Å². The van der Waals surface area contributed by atoms with Crippen molar-refractivity contribution in [2.75, 3.05) is 6.26 Å². The van der Waals surface area contributed by atoms with Crippen LogP contribution in [0, 0.1) is 17.7 Å². The number of aromatic amines is 1. The van der Waals surface area contributed by atoms with E-state index in [1.807, 2.05) is 39.1 Å². The highest BCUT2D eigenvalue weighted by Crippen LogP contribution is 2.22. The monoisotopic (exact) mass is 325 g/mol. The minimum absolute atomic E-state index is 0.0536. The van der Waals surface area contributed by atoms with Gasteiger partial charge in [0.25, 0.3) is 0 Å². The van der Waals surface area contributed by atoms with Crippen molar-refractivity contribution in [3.63, 3.8) is 0 Å². The summed E-state index contributed by atoms with van der Waals surface area (Å²) in [7, 11) is -3.55. The average molecular weight is 325 g/mol. The molecule has 114 valence electrons. The molecule has 1 aromatic heterocycles. The highest BCUT2D eigenvalue weighted by Gasteiger charge is 2.16. The van der Waals surface area contributed by atoms with Gasteiger partial charge in [-0.2, -0.15) is 0 Å². The van der Waals surface area contributed by atoms with E-state index in [1.54, 1.807) is 6.07 Å². The lowest BCUT2D eigenvalue weighted by atomic mass is 10.1. The van der Waals surface area contributed by atoms with Crippen LogP contribution >= 0.6 is 11.8 Å². The van der Waals surface area contributed by atoms with Crippen LogP contribution in [0.1, 0.15) is 25.0 Å². The number of hydrogen-bond acceptors (Lipinski definition) is 5. The number of hydrogen-bond donors (Lipinski definition) is 3. The molecule has 0 atom stereocenters. The largest absolute Gasteiger partial charge is 0.361 e. The molecule has 0 aliphatic carbocycles. The Hall–Kier alpha value is -1.60. The van der Waals surface area contributed by atoms with Crippen LogP contribution in [0.3, 0.4) is 0 Å². The fraction of sp³-hybridized carbons (Fsp3) is 0.286. The van der Waals surface area contributed by atoms with Crippen LogP contribution in [0.15, 0.2) is 24.4 Å². The van der Waals surface area contributed by atoms with E-state index in [0.717, 1.165) is 22.7 Å². The third kappa shape index (κ3) is 4.18. The number of aryl methyl sites for hydroxylation is 1. The summed E-state index contributed by atoms with van der Waals surface area (Å²) in [5, 5.41) is 16.4. The molecule has 0 unspecified atom stereocenters.